The SMILES string of the molecule is C=C/C(C)=C/[C](=O)[Rb]. The maximum absolute atomic E-state index is 10.4. The first kappa shape index (κ1) is 8.96. The van der Waals surface area contributed by atoms with Gasteiger partial charge in [0.05, 0.1) is 0 Å². The van der Waals surface area contributed by atoms with E-state index in [4.69, 9.17) is 0 Å². The van der Waals surface area contributed by atoms with Crippen LogP contribution in [0.2, 0.25) is 0 Å². The molecule has 0 aliphatic heterocycles. The number of hydrogen-bond donors (Lipinski definition) is 0. The van der Waals surface area contributed by atoms with Crippen molar-refractivity contribution < 1.29 is 4.79 Å². The predicted octanol–water partition coefficient (Wildman–Crippen LogP) is 0.814. The van der Waals surface area contributed by atoms with Crippen LogP contribution in [0.4, 0.5) is 0 Å². The summed E-state index contributed by atoms with van der Waals surface area (Å²) in [6.07, 6.45) is 3.33. The van der Waals surface area contributed by atoms with Crippen LogP contribution < -0.4 is 0 Å². The van der Waals surface area contributed by atoms with Crippen LogP contribution in [0.1, 0.15) is 6.92 Å². The zero-order chi connectivity index (χ0) is 6.57. The van der Waals surface area contributed by atoms with Gasteiger partial charge in [0.15, 0.2) is 0 Å². The predicted molar refractivity (Wildman–Crippen MR) is 34.7 cm³/mol. The molecule has 2 heteroatoms. The Labute approximate surface area is 88.6 Å². The summed E-state index contributed by atoms with van der Waals surface area (Å²) in [6, 6.07) is 0. The maximum atomic E-state index is 10.4. The van der Waals surface area contributed by atoms with Crippen molar-refractivity contribution in [3.63, 3.8) is 0 Å². The second kappa shape index (κ2) is 4.80. The first-order chi connectivity index (χ1) is 3.66. The standard InChI is InChI=1S/C6H7O.Rb/c1-3-6(2)4-5-7;/h3-4H,1H2,2H3;/b6-4+;. The molecule has 0 aromatic heterocycles. The molecule has 8 heavy (non-hydrogen) atoms. The van der Waals surface area contributed by atoms with Crippen molar-refractivity contribution >= 4 is 54.4 Å². The summed E-state index contributed by atoms with van der Waals surface area (Å²) in [5.41, 5.74) is 0.967. The number of carbonyl (C=O) groups is 1. The Bertz CT molecular complexity index is 135. The third-order valence-electron chi connectivity index (χ3n) is 0.753. The topological polar surface area (TPSA) is 17.1 Å². The molecular formula is C6H7ORb. The van der Waals surface area contributed by atoms with Gasteiger partial charge in [-0.1, -0.05) is 0 Å². The van der Waals surface area contributed by atoms with Crippen LogP contribution >= 0.6 is 0 Å². The summed E-state index contributed by atoms with van der Waals surface area (Å²) in [7, 11) is 0. The number of hydrogen-bond acceptors (Lipinski definition) is 1. The van der Waals surface area contributed by atoms with Crippen molar-refractivity contribution in [3.8, 4) is 0 Å². The average molecular weight is 181 g/mol. The molecule has 0 aromatic rings. The van der Waals surface area contributed by atoms with E-state index in [0.717, 1.165) is 5.57 Å². The number of allylic oxidation sites excluding steroid dienone is 3. The third-order valence-corrected chi connectivity index (χ3v) is 1.46. The van der Waals surface area contributed by atoms with E-state index < -0.39 is 0 Å². The van der Waals surface area contributed by atoms with Crippen molar-refractivity contribution in [1.29, 1.82) is 0 Å². The Morgan fingerprint density at radius 2 is 2.25 bits per heavy atom. The number of carbonyl (C=O) groups excluding carboxylic acids is 1. The van der Waals surface area contributed by atoms with Crippen molar-refractivity contribution in [3.05, 3.63) is 24.3 Å². The first-order valence-electron chi connectivity index (χ1n) is 2.48. The third kappa shape index (κ3) is 5.10. The molecule has 0 amide bonds. The normalized spacial score (nSPS) is 11.1. The zero-order valence-corrected chi connectivity index (χ0v) is 10.2. The molecule has 1 nitrogen and oxygen atoms in total. The molecule has 0 saturated carbocycles. The number of rotatable bonds is 2. The average Bonchev–Trinajstić information content (AvgIpc) is 1.65. The zero-order valence-electron chi connectivity index (χ0n) is 5.27. The van der Waals surface area contributed by atoms with Crippen molar-refractivity contribution in [2.45, 2.75) is 6.92 Å². The first-order valence-corrected chi connectivity index (χ1v) is 4.94. The minimum atomic E-state index is 0.141. The summed E-state index contributed by atoms with van der Waals surface area (Å²) in [5, 5.41) is 0. The van der Waals surface area contributed by atoms with Gasteiger partial charge in [-0.25, -0.2) is 0 Å². The van der Waals surface area contributed by atoms with Gasteiger partial charge in [-0.15, -0.1) is 0 Å². The summed E-state index contributed by atoms with van der Waals surface area (Å²) in [4.78, 5) is 10.4. The van der Waals surface area contributed by atoms with Gasteiger partial charge in [-0.05, 0) is 0 Å². The molecule has 0 fully saturated rings. The van der Waals surface area contributed by atoms with Gasteiger partial charge in [-0.3, -0.25) is 0 Å². The summed E-state index contributed by atoms with van der Waals surface area (Å²) < 4.78 is 0.282. The van der Waals surface area contributed by atoms with Gasteiger partial charge < -0.3 is 0 Å². The fourth-order valence-corrected chi connectivity index (χ4v) is 1.50. The van der Waals surface area contributed by atoms with Crippen molar-refractivity contribution in [2.24, 2.45) is 0 Å². The molecule has 0 unspecified atom stereocenters. The van der Waals surface area contributed by atoms with Crippen molar-refractivity contribution in [1.82, 2.24) is 0 Å². The molecule has 0 saturated heterocycles. The second-order valence-electron chi connectivity index (χ2n) is 1.70. The molecular weight excluding hydrogens is 174 g/mol. The molecule has 38 valence electrons. The van der Waals surface area contributed by atoms with Crippen LogP contribution in [-0.4, -0.2) is 54.4 Å². The van der Waals surface area contributed by atoms with E-state index in [1.165, 1.54) is 0 Å². The summed E-state index contributed by atoms with van der Waals surface area (Å²) in [5.74, 6) is 0. The molecule has 0 aliphatic carbocycles. The minimum absolute atomic E-state index is 0.141. The van der Waals surface area contributed by atoms with Gasteiger partial charge in [0, 0.05) is 0 Å². The molecule has 0 bridgehead atoms. The quantitative estimate of drug-likeness (QED) is 0.454. The Kier molecular flexibility index (Phi) is 5.37. The molecule has 0 spiro atoms. The van der Waals surface area contributed by atoms with E-state index in [9.17, 15) is 4.79 Å². The van der Waals surface area contributed by atoms with Gasteiger partial charge in [0.1, 0.15) is 0 Å². The molecule has 0 radical (unpaired) electrons. The molecule has 0 aliphatic rings. The Morgan fingerprint density at radius 3 is 2.38 bits per heavy atom. The second-order valence-corrected chi connectivity index (χ2v) is 4.13. The molecule has 0 N–H and O–H groups in total. The van der Waals surface area contributed by atoms with Crippen LogP contribution in [0.3, 0.4) is 0 Å². The van der Waals surface area contributed by atoms with Crippen LogP contribution in [0, 0.1) is 0 Å². The van der Waals surface area contributed by atoms with Crippen LogP contribution in [0.25, 0.3) is 0 Å². The summed E-state index contributed by atoms with van der Waals surface area (Å²) in [6.45, 7) is 5.39. The van der Waals surface area contributed by atoms with E-state index in [2.05, 4.69) is 6.58 Å². The van der Waals surface area contributed by atoms with E-state index in [0.29, 0.717) is 0 Å². The van der Waals surface area contributed by atoms with Gasteiger partial charge >= 0.3 is 90.4 Å². The monoisotopic (exact) mass is 180 g/mol. The van der Waals surface area contributed by atoms with Crippen LogP contribution in [0.5, 0.6) is 0 Å². The fraction of sp³-hybridized carbons (Fsp3) is 0.167. The molecule has 0 atom stereocenters. The van der Waals surface area contributed by atoms with E-state index in [1.807, 2.05) is 6.92 Å². The Hall–Kier alpha value is 0.955. The molecule has 0 aromatic carbocycles. The van der Waals surface area contributed by atoms with Gasteiger partial charge in [-0.2, -0.15) is 0 Å². The van der Waals surface area contributed by atoms with E-state index >= 15 is 0 Å². The van der Waals surface area contributed by atoms with Crippen LogP contribution in [0.15, 0.2) is 24.3 Å². The van der Waals surface area contributed by atoms with E-state index in [-0.39, 0.29) is 54.4 Å². The van der Waals surface area contributed by atoms with Gasteiger partial charge in [0.2, 0.25) is 0 Å². The van der Waals surface area contributed by atoms with Gasteiger partial charge in [0.25, 0.3) is 0 Å². The fourth-order valence-electron chi connectivity index (χ4n) is 0.380. The molecule has 0 rings (SSSR count). The van der Waals surface area contributed by atoms with Crippen molar-refractivity contribution in [2.75, 3.05) is 0 Å². The van der Waals surface area contributed by atoms with Crippen LogP contribution in [-0.2, 0) is 4.79 Å². The Balaban J connectivity index is 3.94. The molecule has 0 heterocycles. The summed E-state index contributed by atoms with van der Waals surface area (Å²) >= 11 is 0.141. The Morgan fingerprint density at radius 1 is 1.75 bits per heavy atom. The van der Waals surface area contributed by atoms with E-state index in [1.54, 1.807) is 12.2 Å².